The first-order valence-corrected chi connectivity index (χ1v) is 10.9. The van der Waals surface area contributed by atoms with Crippen LogP contribution in [0, 0.1) is 5.92 Å². The van der Waals surface area contributed by atoms with Gasteiger partial charge in [0.15, 0.2) is 0 Å². The summed E-state index contributed by atoms with van der Waals surface area (Å²) in [4.78, 5) is 12.7. The van der Waals surface area contributed by atoms with Gasteiger partial charge in [-0.05, 0) is 38.5 Å². The maximum atomic E-state index is 12.7. The monoisotopic (exact) mass is 446 g/mol. The zero-order chi connectivity index (χ0) is 19.4. The third kappa shape index (κ3) is 6.09. The predicted molar refractivity (Wildman–Crippen MR) is 109 cm³/mol. The molecule has 0 aromatic rings. The second-order valence-electron chi connectivity index (χ2n) is 7.19. The number of nitrogens with one attached hydrogen (secondary N) is 2. The number of alkyl halides is 1. The maximum absolute atomic E-state index is 12.7. The number of aliphatic hydroxyl groups is 3. The minimum Gasteiger partial charge on any atom is -0.388 e. The van der Waals surface area contributed by atoms with Gasteiger partial charge in [-0.15, -0.1) is 35.8 Å². The van der Waals surface area contributed by atoms with Crippen molar-refractivity contribution >= 4 is 41.7 Å². The first-order chi connectivity index (χ1) is 12.3. The number of rotatable bonds is 6. The van der Waals surface area contributed by atoms with Crippen molar-refractivity contribution in [3.05, 3.63) is 0 Å². The van der Waals surface area contributed by atoms with Crippen LogP contribution in [0.5, 0.6) is 0 Å². The Hall–Kier alpha value is 0.200. The van der Waals surface area contributed by atoms with Crippen molar-refractivity contribution in [3.8, 4) is 0 Å². The molecule has 9 atom stereocenters. The average Bonchev–Trinajstić information content (AvgIpc) is 2.64. The van der Waals surface area contributed by atoms with Crippen LogP contribution >= 0.6 is 35.8 Å². The highest BCUT2D eigenvalue weighted by molar-refractivity contribution is 7.99. The molecule has 1 amide bonds. The zero-order valence-corrected chi connectivity index (χ0v) is 18.3. The van der Waals surface area contributed by atoms with E-state index < -0.39 is 41.3 Å². The molecule has 0 saturated carbocycles. The summed E-state index contributed by atoms with van der Waals surface area (Å²) in [5.41, 5.74) is -0.703. The van der Waals surface area contributed by atoms with Gasteiger partial charge in [0.25, 0.3) is 0 Å². The Kier molecular flexibility index (Phi) is 10.7. The number of ether oxygens (including phenoxy) is 1. The first kappa shape index (κ1) is 25.2. The molecule has 0 aliphatic carbocycles. The highest BCUT2D eigenvalue weighted by atomic mass is 35.5. The van der Waals surface area contributed by atoms with Crippen molar-refractivity contribution in [2.24, 2.45) is 5.92 Å². The van der Waals surface area contributed by atoms with Gasteiger partial charge in [0, 0.05) is 0 Å². The topological polar surface area (TPSA) is 111 Å². The Morgan fingerprint density at radius 2 is 2.00 bits per heavy atom. The van der Waals surface area contributed by atoms with Crippen LogP contribution in [-0.4, -0.2) is 81.3 Å². The lowest BCUT2D eigenvalue weighted by atomic mass is 9.89. The molecule has 160 valence electrons. The molecule has 2 heterocycles. The quantitative estimate of drug-likeness (QED) is 0.377. The molecule has 2 rings (SSSR count). The minimum absolute atomic E-state index is 0. The molecule has 7 nitrogen and oxygen atoms in total. The van der Waals surface area contributed by atoms with Crippen LogP contribution in [0.2, 0.25) is 0 Å². The summed E-state index contributed by atoms with van der Waals surface area (Å²) in [7, 11) is 0. The summed E-state index contributed by atoms with van der Waals surface area (Å²) in [5.74, 6) is 0.325. The van der Waals surface area contributed by atoms with Crippen LogP contribution in [0.3, 0.4) is 0 Å². The fourth-order valence-corrected chi connectivity index (χ4v) is 4.54. The Morgan fingerprint density at radius 1 is 1.33 bits per heavy atom. The van der Waals surface area contributed by atoms with Crippen LogP contribution in [0.4, 0.5) is 0 Å². The smallest absolute Gasteiger partial charge is 0.237 e. The molecule has 5 unspecified atom stereocenters. The molecule has 0 radical (unpaired) electrons. The summed E-state index contributed by atoms with van der Waals surface area (Å²) < 4.78 is 5.77. The molecule has 0 spiro atoms. The van der Waals surface area contributed by atoms with Gasteiger partial charge < -0.3 is 30.7 Å². The van der Waals surface area contributed by atoms with E-state index >= 15 is 0 Å². The summed E-state index contributed by atoms with van der Waals surface area (Å²) >= 11 is 7.51. The van der Waals surface area contributed by atoms with E-state index in [1.165, 1.54) is 11.8 Å². The molecule has 10 heteroatoms. The molecule has 5 N–H and O–H groups in total. The van der Waals surface area contributed by atoms with E-state index in [2.05, 4.69) is 17.6 Å². The van der Waals surface area contributed by atoms with Gasteiger partial charge in [-0.3, -0.25) is 4.79 Å². The van der Waals surface area contributed by atoms with Gasteiger partial charge in [-0.25, -0.2) is 0 Å². The van der Waals surface area contributed by atoms with E-state index in [0.29, 0.717) is 5.92 Å². The van der Waals surface area contributed by atoms with Crippen LogP contribution < -0.4 is 10.6 Å². The number of amides is 1. The molecule has 0 bridgehead atoms. The van der Waals surface area contributed by atoms with Crippen molar-refractivity contribution in [2.75, 3.05) is 12.8 Å². The molecule has 2 aliphatic rings. The first-order valence-electron chi connectivity index (χ1n) is 9.20. The number of carbonyl (C=O) groups is 1. The second-order valence-corrected chi connectivity index (χ2v) is 8.82. The number of carbonyl (C=O) groups excluding carboxylic acids is 1. The number of aliphatic hydroxyl groups excluding tert-OH is 3. The summed E-state index contributed by atoms with van der Waals surface area (Å²) in [6.07, 6.45) is -0.236. The Labute approximate surface area is 176 Å². The van der Waals surface area contributed by atoms with Crippen molar-refractivity contribution in [1.82, 2.24) is 10.6 Å². The number of thioether (sulfide) groups is 1. The lowest BCUT2D eigenvalue weighted by molar-refractivity contribution is -0.205. The molecule has 0 aromatic heterocycles. The van der Waals surface area contributed by atoms with E-state index in [-0.39, 0.29) is 24.4 Å². The largest absolute Gasteiger partial charge is 0.388 e. The van der Waals surface area contributed by atoms with Crippen molar-refractivity contribution < 1.29 is 24.9 Å². The number of piperidine rings is 1. The number of hydrogen-bond acceptors (Lipinski definition) is 7. The van der Waals surface area contributed by atoms with E-state index in [1.807, 2.05) is 0 Å². The molecular weight excluding hydrogens is 415 g/mol. The van der Waals surface area contributed by atoms with Crippen LogP contribution in [0.1, 0.15) is 33.1 Å². The fourth-order valence-electron chi connectivity index (χ4n) is 3.66. The standard InChI is InChI=1S/C17H31ClN2O5S.ClH/c1-4-9-5-6-19-10(7-9)16(24)20-11(8(2)18)15-13(22)12(21)14(23)17(25-15)26-3;/h8-15,17,19,21-23H,4-7H2,1-3H3,(H,20,24);1H/t8?,9-,10+,11?,12?,13+,14?,15?,17+;/m0./s1. The highest BCUT2D eigenvalue weighted by Crippen LogP contribution is 2.30. The van der Waals surface area contributed by atoms with E-state index in [0.717, 1.165) is 25.8 Å². The third-order valence-corrected chi connectivity index (χ3v) is 6.53. The van der Waals surface area contributed by atoms with Gasteiger partial charge in [0.2, 0.25) is 5.91 Å². The van der Waals surface area contributed by atoms with Crippen molar-refractivity contribution in [1.29, 1.82) is 0 Å². The van der Waals surface area contributed by atoms with Gasteiger partial charge in [0.05, 0.1) is 17.5 Å². The summed E-state index contributed by atoms with van der Waals surface area (Å²) in [5, 5.41) is 36.1. The molecule has 2 fully saturated rings. The molecule has 27 heavy (non-hydrogen) atoms. The van der Waals surface area contributed by atoms with E-state index in [4.69, 9.17) is 16.3 Å². The zero-order valence-electron chi connectivity index (χ0n) is 15.9. The van der Waals surface area contributed by atoms with Crippen LogP contribution in [-0.2, 0) is 9.53 Å². The molecular formula is C17H32Cl2N2O5S. The van der Waals surface area contributed by atoms with Gasteiger partial charge in [-0.2, -0.15) is 0 Å². The fraction of sp³-hybridized carbons (Fsp3) is 0.941. The molecule has 2 saturated heterocycles. The average molecular weight is 447 g/mol. The minimum atomic E-state index is -1.36. The van der Waals surface area contributed by atoms with Gasteiger partial charge in [-0.1, -0.05) is 13.3 Å². The summed E-state index contributed by atoms with van der Waals surface area (Å²) in [6.45, 7) is 4.62. The lowest BCUT2D eigenvalue weighted by Gasteiger charge is -2.44. The second kappa shape index (κ2) is 11.4. The number of hydrogen-bond donors (Lipinski definition) is 5. The maximum Gasteiger partial charge on any atom is 0.237 e. The normalized spacial score (nSPS) is 39.1. The predicted octanol–water partition coefficient (Wildman–Crippen LogP) is 0.469. The van der Waals surface area contributed by atoms with Crippen LogP contribution in [0.15, 0.2) is 0 Å². The SMILES string of the molecule is CC[C@H]1CCN[C@@H](C(=O)NC(C(C)Cl)C2O[C@H](SC)C(O)C(O)[C@H]2O)C1.Cl. The summed E-state index contributed by atoms with van der Waals surface area (Å²) in [6, 6.07) is -1.00. The van der Waals surface area contributed by atoms with Gasteiger partial charge in [0.1, 0.15) is 29.9 Å². The Bertz CT molecular complexity index is 475. The Balaban J connectivity index is 0.00000364. The molecule has 2 aliphatic heterocycles. The Morgan fingerprint density at radius 3 is 2.56 bits per heavy atom. The lowest BCUT2D eigenvalue weighted by Crippen LogP contribution is -2.65. The third-order valence-electron chi connectivity index (χ3n) is 5.40. The highest BCUT2D eigenvalue weighted by Gasteiger charge is 2.48. The van der Waals surface area contributed by atoms with Crippen molar-refractivity contribution in [3.63, 3.8) is 0 Å². The van der Waals surface area contributed by atoms with Crippen molar-refractivity contribution in [2.45, 2.75) is 80.4 Å². The van der Waals surface area contributed by atoms with Crippen LogP contribution in [0.25, 0.3) is 0 Å². The van der Waals surface area contributed by atoms with Gasteiger partial charge >= 0.3 is 0 Å². The van der Waals surface area contributed by atoms with E-state index in [9.17, 15) is 20.1 Å². The number of halogens is 2. The van der Waals surface area contributed by atoms with E-state index in [1.54, 1.807) is 13.2 Å². The molecule has 0 aromatic carbocycles.